The number of aliphatic hydroxyl groups excluding tert-OH is 1. The van der Waals surface area contributed by atoms with Crippen molar-refractivity contribution >= 4 is 5.91 Å². The summed E-state index contributed by atoms with van der Waals surface area (Å²) in [5.41, 5.74) is 0.231. The molecule has 5 nitrogen and oxygen atoms in total. The van der Waals surface area contributed by atoms with E-state index in [1.807, 2.05) is 11.8 Å². The van der Waals surface area contributed by atoms with Crippen LogP contribution in [-0.2, 0) is 6.54 Å². The molecular formula is C15H25N3O2. The Labute approximate surface area is 120 Å². The lowest BCUT2D eigenvalue weighted by atomic mass is 9.87. The fourth-order valence-electron chi connectivity index (χ4n) is 3.26. The molecule has 5 heteroatoms. The van der Waals surface area contributed by atoms with Crippen molar-refractivity contribution in [3.8, 4) is 0 Å². The maximum Gasteiger partial charge on any atom is 0.257 e. The van der Waals surface area contributed by atoms with E-state index in [1.165, 1.54) is 0 Å². The number of likely N-dealkylation sites (tertiary alicyclic amines) is 1. The molecule has 20 heavy (non-hydrogen) atoms. The summed E-state index contributed by atoms with van der Waals surface area (Å²) in [6, 6.07) is 0. The summed E-state index contributed by atoms with van der Waals surface area (Å²) in [6.45, 7) is 7.78. The highest BCUT2D eigenvalue weighted by molar-refractivity contribution is 5.94. The molecule has 1 aromatic heterocycles. The topological polar surface area (TPSA) is 58.4 Å². The molecule has 0 bridgehead atoms. The van der Waals surface area contributed by atoms with E-state index >= 15 is 0 Å². The molecule has 1 aliphatic rings. The minimum Gasteiger partial charge on any atom is -0.394 e. The molecule has 0 spiro atoms. The minimum atomic E-state index is -0.389. The third kappa shape index (κ3) is 2.73. The van der Waals surface area contributed by atoms with Gasteiger partial charge in [0.15, 0.2) is 0 Å². The summed E-state index contributed by atoms with van der Waals surface area (Å²) in [5.74, 6) is 0.450. The Kier molecular flexibility index (Phi) is 4.48. The van der Waals surface area contributed by atoms with E-state index in [1.54, 1.807) is 17.1 Å². The van der Waals surface area contributed by atoms with Crippen LogP contribution in [0.25, 0.3) is 0 Å². The minimum absolute atomic E-state index is 0.00287. The smallest absolute Gasteiger partial charge is 0.257 e. The van der Waals surface area contributed by atoms with E-state index < -0.39 is 0 Å². The van der Waals surface area contributed by atoms with E-state index in [4.69, 9.17) is 0 Å². The number of aromatic nitrogens is 2. The first-order chi connectivity index (χ1) is 9.52. The number of rotatable bonds is 5. The molecule has 112 valence electrons. The first-order valence-corrected chi connectivity index (χ1v) is 7.47. The number of hydrogen-bond donors (Lipinski definition) is 1. The van der Waals surface area contributed by atoms with Gasteiger partial charge in [0.2, 0.25) is 0 Å². The summed E-state index contributed by atoms with van der Waals surface area (Å²) >= 11 is 0. The van der Waals surface area contributed by atoms with Crippen LogP contribution in [0.5, 0.6) is 0 Å². The van der Waals surface area contributed by atoms with Crippen LogP contribution in [0.15, 0.2) is 12.4 Å². The Morgan fingerprint density at radius 2 is 2.30 bits per heavy atom. The number of carbonyl (C=O) groups is 1. The second-order valence-electron chi connectivity index (χ2n) is 6.13. The van der Waals surface area contributed by atoms with Gasteiger partial charge in [-0.2, -0.15) is 5.10 Å². The average molecular weight is 279 g/mol. The summed E-state index contributed by atoms with van der Waals surface area (Å²) in [7, 11) is 0. The van der Waals surface area contributed by atoms with Crippen molar-refractivity contribution in [2.75, 3.05) is 13.2 Å². The Bertz CT molecular complexity index is 469. The SMILES string of the molecule is CCn1cc(C(=O)N2CCC[C@]2(CO)CC(C)C)cn1. The van der Waals surface area contributed by atoms with E-state index in [2.05, 4.69) is 18.9 Å². The lowest BCUT2D eigenvalue weighted by Crippen LogP contribution is -2.50. The molecule has 1 atom stereocenters. The van der Waals surface area contributed by atoms with Crippen LogP contribution in [0.2, 0.25) is 0 Å². The largest absolute Gasteiger partial charge is 0.394 e. The Balaban J connectivity index is 2.22. The maximum atomic E-state index is 12.7. The fourth-order valence-corrected chi connectivity index (χ4v) is 3.26. The van der Waals surface area contributed by atoms with Gasteiger partial charge in [-0.25, -0.2) is 0 Å². The van der Waals surface area contributed by atoms with Crippen LogP contribution < -0.4 is 0 Å². The summed E-state index contributed by atoms with van der Waals surface area (Å²) in [4.78, 5) is 14.6. The number of amides is 1. The maximum absolute atomic E-state index is 12.7. The molecule has 1 aromatic rings. The molecule has 0 saturated carbocycles. The van der Waals surface area contributed by atoms with Gasteiger partial charge in [-0.3, -0.25) is 9.48 Å². The van der Waals surface area contributed by atoms with Gasteiger partial charge in [0, 0.05) is 19.3 Å². The van der Waals surface area contributed by atoms with Crippen molar-refractivity contribution in [3.05, 3.63) is 18.0 Å². The zero-order valence-electron chi connectivity index (χ0n) is 12.7. The number of nitrogens with zero attached hydrogens (tertiary/aromatic N) is 3. The predicted octanol–water partition coefficient (Wildman–Crippen LogP) is 1.92. The highest BCUT2D eigenvalue weighted by Gasteiger charge is 2.43. The van der Waals surface area contributed by atoms with Gasteiger partial charge in [0.1, 0.15) is 0 Å². The van der Waals surface area contributed by atoms with E-state index in [-0.39, 0.29) is 18.1 Å². The quantitative estimate of drug-likeness (QED) is 0.896. The summed E-state index contributed by atoms with van der Waals surface area (Å²) in [6.07, 6.45) is 6.10. The normalized spacial score (nSPS) is 22.8. The summed E-state index contributed by atoms with van der Waals surface area (Å²) < 4.78 is 1.76. The molecule has 1 fully saturated rings. The lowest BCUT2D eigenvalue weighted by molar-refractivity contribution is 0.0332. The van der Waals surface area contributed by atoms with Crippen LogP contribution >= 0.6 is 0 Å². The first kappa shape index (κ1) is 15.0. The second-order valence-corrected chi connectivity index (χ2v) is 6.13. The molecule has 0 unspecified atom stereocenters. The molecular weight excluding hydrogens is 254 g/mol. The molecule has 1 amide bonds. The van der Waals surface area contributed by atoms with Crippen LogP contribution in [0, 0.1) is 5.92 Å². The van der Waals surface area contributed by atoms with Gasteiger partial charge in [0.25, 0.3) is 5.91 Å². The van der Waals surface area contributed by atoms with Crippen molar-refractivity contribution < 1.29 is 9.90 Å². The molecule has 0 aromatic carbocycles. The molecule has 1 N–H and O–H groups in total. The van der Waals surface area contributed by atoms with Crippen molar-refractivity contribution in [1.29, 1.82) is 0 Å². The molecule has 0 aliphatic carbocycles. The summed E-state index contributed by atoms with van der Waals surface area (Å²) in [5, 5.41) is 14.0. The average Bonchev–Trinajstić information content (AvgIpc) is 3.04. The van der Waals surface area contributed by atoms with Gasteiger partial charge in [0.05, 0.1) is 23.9 Å². The zero-order valence-corrected chi connectivity index (χ0v) is 12.7. The van der Waals surface area contributed by atoms with Crippen LogP contribution in [0.1, 0.15) is 50.4 Å². The molecule has 2 heterocycles. The van der Waals surface area contributed by atoms with Gasteiger partial charge in [-0.05, 0) is 32.1 Å². The number of hydrogen-bond acceptors (Lipinski definition) is 3. The lowest BCUT2D eigenvalue weighted by Gasteiger charge is -2.38. The number of aliphatic hydroxyl groups is 1. The highest BCUT2D eigenvalue weighted by Crippen LogP contribution is 2.35. The number of aryl methyl sites for hydroxylation is 1. The third-order valence-electron chi connectivity index (χ3n) is 4.13. The Hall–Kier alpha value is -1.36. The van der Waals surface area contributed by atoms with Crippen molar-refractivity contribution in [3.63, 3.8) is 0 Å². The fraction of sp³-hybridized carbons (Fsp3) is 0.733. The number of carbonyl (C=O) groups excluding carboxylic acids is 1. The highest BCUT2D eigenvalue weighted by atomic mass is 16.3. The van der Waals surface area contributed by atoms with Gasteiger partial charge in [-0.1, -0.05) is 13.8 Å². The van der Waals surface area contributed by atoms with Crippen LogP contribution in [0.3, 0.4) is 0 Å². The third-order valence-corrected chi connectivity index (χ3v) is 4.13. The van der Waals surface area contributed by atoms with Gasteiger partial charge in [-0.15, -0.1) is 0 Å². The monoisotopic (exact) mass is 279 g/mol. The van der Waals surface area contributed by atoms with Crippen LogP contribution in [-0.4, -0.2) is 44.4 Å². The Morgan fingerprint density at radius 3 is 2.85 bits per heavy atom. The standard InChI is InChI=1S/C15H25N3O2/c1-4-17-10-13(9-16-17)14(20)18-7-5-6-15(18,11-19)8-12(2)3/h9-10,12,19H,4-8,11H2,1-3H3/t15-/m1/s1. The zero-order chi connectivity index (χ0) is 14.8. The van der Waals surface area contributed by atoms with Crippen LogP contribution in [0.4, 0.5) is 0 Å². The predicted molar refractivity (Wildman–Crippen MR) is 77.4 cm³/mol. The second kappa shape index (κ2) is 5.95. The van der Waals surface area contributed by atoms with E-state index in [0.717, 1.165) is 32.4 Å². The van der Waals surface area contributed by atoms with Gasteiger partial charge < -0.3 is 10.0 Å². The van der Waals surface area contributed by atoms with Crippen molar-refractivity contribution in [2.45, 2.75) is 52.1 Å². The molecule has 1 aliphatic heterocycles. The van der Waals surface area contributed by atoms with Gasteiger partial charge >= 0.3 is 0 Å². The van der Waals surface area contributed by atoms with E-state index in [9.17, 15) is 9.90 Å². The molecule has 0 radical (unpaired) electrons. The first-order valence-electron chi connectivity index (χ1n) is 7.47. The van der Waals surface area contributed by atoms with E-state index in [0.29, 0.717) is 11.5 Å². The molecule has 1 saturated heterocycles. The van der Waals surface area contributed by atoms with Crippen molar-refractivity contribution in [1.82, 2.24) is 14.7 Å². The Morgan fingerprint density at radius 1 is 1.55 bits per heavy atom. The molecule has 2 rings (SSSR count). The van der Waals surface area contributed by atoms with Crippen molar-refractivity contribution in [2.24, 2.45) is 5.92 Å².